The molecule has 1 atom stereocenters. The summed E-state index contributed by atoms with van der Waals surface area (Å²) >= 11 is 3.37. The van der Waals surface area contributed by atoms with Gasteiger partial charge in [-0.1, -0.05) is 0 Å². The van der Waals surface area contributed by atoms with E-state index < -0.39 is 0 Å². The standard InChI is InChI=1S/C15H22BrNO3/c1-3-19-14-8-11(7-13(16)15(14)18)9-17(2)10-12-5-4-6-20-12/h7-8,12,18H,3-6,9-10H2,1-2H3. The first-order valence-corrected chi connectivity index (χ1v) is 7.83. The SMILES string of the molecule is CCOc1cc(CN(C)CC2CCCO2)cc(Br)c1O. The molecule has 0 radical (unpaired) electrons. The lowest BCUT2D eigenvalue weighted by Crippen LogP contribution is -2.28. The molecule has 1 heterocycles. The second kappa shape index (κ2) is 7.29. The summed E-state index contributed by atoms with van der Waals surface area (Å²) in [6.07, 6.45) is 2.66. The van der Waals surface area contributed by atoms with Crippen LogP contribution in [0.5, 0.6) is 11.5 Å². The maximum Gasteiger partial charge on any atom is 0.172 e. The van der Waals surface area contributed by atoms with Gasteiger partial charge in [-0.05, 0) is 60.4 Å². The number of rotatable bonds is 6. The molecular weight excluding hydrogens is 322 g/mol. The van der Waals surface area contributed by atoms with Crippen LogP contribution in [0.15, 0.2) is 16.6 Å². The van der Waals surface area contributed by atoms with Crippen molar-refractivity contribution < 1.29 is 14.6 Å². The van der Waals surface area contributed by atoms with Gasteiger partial charge in [-0.25, -0.2) is 0 Å². The van der Waals surface area contributed by atoms with Crippen LogP contribution in [-0.2, 0) is 11.3 Å². The lowest BCUT2D eigenvalue weighted by atomic mass is 10.1. The first-order valence-electron chi connectivity index (χ1n) is 7.04. The number of halogens is 1. The van der Waals surface area contributed by atoms with E-state index in [0.717, 1.165) is 38.1 Å². The van der Waals surface area contributed by atoms with E-state index in [1.165, 1.54) is 0 Å². The Labute approximate surface area is 128 Å². The Kier molecular flexibility index (Phi) is 5.69. The number of aromatic hydroxyl groups is 1. The number of phenols is 1. The molecule has 1 unspecified atom stereocenters. The van der Waals surface area contributed by atoms with Crippen molar-refractivity contribution in [2.45, 2.75) is 32.4 Å². The first kappa shape index (κ1) is 15.6. The van der Waals surface area contributed by atoms with E-state index >= 15 is 0 Å². The molecule has 1 aromatic carbocycles. The molecule has 1 aromatic rings. The van der Waals surface area contributed by atoms with Gasteiger partial charge in [0.05, 0.1) is 17.2 Å². The molecule has 1 saturated heterocycles. The molecule has 1 aliphatic heterocycles. The smallest absolute Gasteiger partial charge is 0.172 e. The maximum absolute atomic E-state index is 9.91. The molecule has 0 spiro atoms. The quantitative estimate of drug-likeness (QED) is 0.861. The van der Waals surface area contributed by atoms with Crippen LogP contribution in [0.4, 0.5) is 0 Å². The van der Waals surface area contributed by atoms with Crippen molar-refractivity contribution in [2.75, 3.05) is 26.8 Å². The molecule has 0 bridgehead atoms. The number of nitrogens with zero attached hydrogens (tertiary/aromatic N) is 1. The summed E-state index contributed by atoms with van der Waals surface area (Å²) < 4.78 is 11.8. The molecular formula is C15H22BrNO3. The van der Waals surface area contributed by atoms with Gasteiger partial charge in [0.2, 0.25) is 0 Å². The molecule has 1 N–H and O–H groups in total. The second-order valence-electron chi connectivity index (χ2n) is 5.19. The van der Waals surface area contributed by atoms with Gasteiger partial charge in [0, 0.05) is 19.7 Å². The summed E-state index contributed by atoms with van der Waals surface area (Å²) in [5.74, 6) is 0.694. The van der Waals surface area contributed by atoms with Gasteiger partial charge in [0.15, 0.2) is 11.5 Å². The van der Waals surface area contributed by atoms with Gasteiger partial charge in [0.1, 0.15) is 0 Å². The fourth-order valence-corrected chi connectivity index (χ4v) is 2.99. The highest BCUT2D eigenvalue weighted by Gasteiger charge is 2.18. The van der Waals surface area contributed by atoms with Gasteiger partial charge < -0.3 is 14.6 Å². The van der Waals surface area contributed by atoms with E-state index in [1.54, 1.807) is 0 Å². The Morgan fingerprint density at radius 1 is 1.50 bits per heavy atom. The summed E-state index contributed by atoms with van der Waals surface area (Å²) in [4.78, 5) is 2.24. The minimum atomic E-state index is 0.164. The highest BCUT2D eigenvalue weighted by atomic mass is 79.9. The van der Waals surface area contributed by atoms with Gasteiger partial charge in [0.25, 0.3) is 0 Å². The molecule has 0 amide bonds. The topological polar surface area (TPSA) is 41.9 Å². The van der Waals surface area contributed by atoms with Crippen LogP contribution in [0.3, 0.4) is 0 Å². The van der Waals surface area contributed by atoms with Crippen LogP contribution < -0.4 is 4.74 Å². The third-order valence-electron chi connectivity index (χ3n) is 3.38. The molecule has 4 nitrogen and oxygen atoms in total. The van der Waals surface area contributed by atoms with Gasteiger partial charge in [-0.3, -0.25) is 4.90 Å². The lowest BCUT2D eigenvalue weighted by molar-refractivity contribution is 0.0793. The van der Waals surface area contributed by atoms with Crippen molar-refractivity contribution >= 4 is 15.9 Å². The molecule has 0 aromatic heterocycles. The molecule has 112 valence electrons. The molecule has 0 aliphatic carbocycles. The van der Waals surface area contributed by atoms with Crippen molar-refractivity contribution in [1.82, 2.24) is 4.90 Å². The summed E-state index contributed by atoms with van der Waals surface area (Å²) in [6, 6.07) is 3.83. The third-order valence-corrected chi connectivity index (χ3v) is 3.98. The molecule has 1 fully saturated rings. The van der Waals surface area contributed by atoms with Crippen molar-refractivity contribution in [3.8, 4) is 11.5 Å². The number of hydrogen-bond donors (Lipinski definition) is 1. The van der Waals surface area contributed by atoms with Crippen LogP contribution in [0.2, 0.25) is 0 Å². The maximum atomic E-state index is 9.91. The molecule has 20 heavy (non-hydrogen) atoms. The predicted molar refractivity (Wildman–Crippen MR) is 82.3 cm³/mol. The van der Waals surface area contributed by atoms with E-state index in [0.29, 0.717) is 22.9 Å². The normalized spacial score (nSPS) is 18.7. The zero-order valence-corrected chi connectivity index (χ0v) is 13.6. The van der Waals surface area contributed by atoms with Crippen LogP contribution in [0.1, 0.15) is 25.3 Å². The average molecular weight is 344 g/mol. The monoisotopic (exact) mass is 343 g/mol. The Bertz CT molecular complexity index is 447. The molecule has 0 saturated carbocycles. The summed E-state index contributed by atoms with van der Waals surface area (Å²) in [6.45, 7) is 5.07. The first-order chi connectivity index (χ1) is 9.60. The average Bonchev–Trinajstić information content (AvgIpc) is 2.88. The Morgan fingerprint density at radius 3 is 2.95 bits per heavy atom. The zero-order chi connectivity index (χ0) is 14.5. The Morgan fingerprint density at radius 2 is 2.30 bits per heavy atom. The summed E-state index contributed by atoms with van der Waals surface area (Å²) in [5, 5.41) is 9.91. The van der Waals surface area contributed by atoms with Gasteiger partial charge >= 0.3 is 0 Å². The highest BCUT2D eigenvalue weighted by molar-refractivity contribution is 9.10. The fraction of sp³-hybridized carbons (Fsp3) is 0.600. The van der Waals surface area contributed by atoms with E-state index in [-0.39, 0.29) is 5.75 Å². The van der Waals surface area contributed by atoms with E-state index in [4.69, 9.17) is 9.47 Å². The third kappa shape index (κ3) is 4.11. The van der Waals surface area contributed by atoms with Crippen LogP contribution in [0, 0.1) is 0 Å². The number of ether oxygens (including phenoxy) is 2. The Hall–Kier alpha value is -0.780. The van der Waals surface area contributed by atoms with Crippen LogP contribution in [-0.4, -0.2) is 42.9 Å². The molecule has 1 aliphatic rings. The van der Waals surface area contributed by atoms with Crippen molar-refractivity contribution in [3.63, 3.8) is 0 Å². The van der Waals surface area contributed by atoms with Crippen LogP contribution >= 0.6 is 15.9 Å². The number of phenolic OH excluding ortho intramolecular Hbond substituents is 1. The Balaban J connectivity index is 2.00. The number of benzene rings is 1. The number of likely N-dealkylation sites (N-methyl/N-ethyl adjacent to an activating group) is 1. The summed E-state index contributed by atoms with van der Waals surface area (Å²) in [5.41, 5.74) is 1.11. The van der Waals surface area contributed by atoms with Gasteiger partial charge in [-0.15, -0.1) is 0 Å². The number of hydrogen-bond acceptors (Lipinski definition) is 4. The highest BCUT2D eigenvalue weighted by Crippen LogP contribution is 2.35. The lowest BCUT2D eigenvalue weighted by Gasteiger charge is -2.21. The van der Waals surface area contributed by atoms with Crippen molar-refractivity contribution in [2.24, 2.45) is 0 Å². The van der Waals surface area contributed by atoms with E-state index in [9.17, 15) is 5.11 Å². The zero-order valence-electron chi connectivity index (χ0n) is 12.1. The second-order valence-corrected chi connectivity index (χ2v) is 6.04. The predicted octanol–water partition coefficient (Wildman–Crippen LogP) is 3.16. The van der Waals surface area contributed by atoms with E-state index in [1.807, 2.05) is 19.1 Å². The minimum Gasteiger partial charge on any atom is -0.503 e. The fourth-order valence-electron chi connectivity index (χ4n) is 2.50. The van der Waals surface area contributed by atoms with Crippen LogP contribution in [0.25, 0.3) is 0 Å². The summed E-state index contributed by atoms with van der Waals surface area (Å²) in [7, 11) is 2.09. The van der Waals surface area contributed by atoms with Gasteiger partial charge in [-0.2, -0.15) is 0 Å². The van der Waals surface area contributed by atoms with E-state index in [2.05, 4.69) is 27.9 Å². The minimum absolute atomic E-state index is 0.164. The molecule has 2 rings (SSSR count). The van der Waals surface area contributed by atoms with Crippen molar-refractivity contribution in [1.29, 1.82) is 0 Å². The largest absolute Gasteiger partial charge is 0.503 e. The molecule has 5 heteroatoms. The van der Waals surface area contributed by atoms with Crippen molar-refractivity contribution in [3.05, 3.63) is 22.2 Å².